The fourth-order valence-corrected chi connectivity index (χ4v) is 0.584. The van der Waals surface area contributed by atoms with E-state index >= 15 is 0 Å². The van der Waals surface area contributed by atoms with Gasteiger partial charge in [0.2, 0.25) is 5.88 Å². The Labute approximate surface area is 69.1 Å². The summed E-state index contributed by atoms with van der Waals surface area (Å²) < 4.78 is 37.9. The summed E-state index contributed by atoms with van der Waals surface area (Å²) in [5, 5.41) is 13.1. The maximum atomic E-state index is 11.5. The summed E-state index contributed by atoms with van der Waals surface area (Å²) in [6.45, 7) is 0. The van der Waals surface area contributed by atoms with E-state index in [1.54, 1.807) is 0 Å². The van der Waals surface area contributed by atoms with Crippen LogP contribution in [-0.2, 0) is 0 Å². The molecule has 1 aromatic heterocycles. The van der Waals surface area contributed by atoms with Gasteiger partial charge in [0.15, 0.2) is 0 Å². The van der Waals surface area contributed by atoms with Crippen LogP contribution in [0.1, 0.15) is 10.5 Å². The summed E-state index contributed by atoms with van der Waals surface area (Å²) in [6.07, 6.45) is -4.87. The number of carboxylic acid groups (broad SMARTS) is 1. The van der Waals surface area contributed by atoms with Crippen LogP contribution in [0, 0.1) is 0 Å². The molecule has 0 unspecified atom stereocenters. The van der Waals surface area contributed by atoms with Crippen molar-refractivity contribution in [3.05, 3.63) is 11.8 Å². The minimum atomic E-state index is -4.87. The monoisotopic (exact) mass is 196 g/mol. The standard InChI is InChI=1S/C5H3F3N2O3/c6-5(7,8)13-3-1-2(4(11)12)9-10-3/h1H,(H,9,10)(H,11,12). The lowest BCUT2D eigenvalue weighted by Crippen LogP contribution is -2.17. The van der Waals surface area contributed by atoms with Gasteiger partial charge >= 0.3 is 12.3 Å². The molecule has 0 aromatic carbocycles. The van der Waals surface area contributed by atoms with E-state index in [2.05, 4.69) is 9.84 Å². The molecule has 0 saturated carbocycles. The van der Waals surface area contributed by atoms with Crippen molar-refractivity contribution in [1.29, 1.82) is 0 Å². The van der Waals surface area contributed by atoms with Gasteiger partial charge in [0.1, 0.15) is 5.69 Å². The van der Waals surface area contributed by atoms with Gasteiger partial charge in [0.05, 0.1) is 0 Å². The van der Waals surface area contributed by atoms with Crippen LogP contribution in [0.5, 0.6) is 5.88 Å². The maximum absolute atomic E-state index is 11.5. The zero-order chi connectivity index (χ0) is 10.1. The average molecular weight is 196 g/mol. The van der Waals surface area contributed by atoms with Gasteiger partial charge in [-0.25, -0.2) is 4.79 Å². The van der Waals surface area contributed by atoms with Gasteiger partial charge < -0.3 is 9.84 Å². The van der Waals surface area contributed by atoms with Crippen LogP contribution in [0.3, 0.4) is 0 Å². The molecular formula is C5H3F3N2O3. The second-order valence-electron chi connectivity index (χ2n) is 1.97. The van der Waals surface area contributed by atoms with E-state index in [-0.39, 0.29) is 0 Å². The first-order valence-electron chi connectivity index (χ1n) is 2.93. The third-order valence-corrected chi connectivity index (χ3v) is 1.01. The van der Waals surface area contributed by atoms with Gasteiger partial charge in [-0.1, -0.05) is 0 Å². The van der Waals surface area contributed by atoms with E-state index in [1.165, 1.54) is 0 Å². The van der Waals surface area contributed by atoms with E-state index < -0.39 is 23.9 Å². The molecule has 2 N–H and O–H groups in total. The zero-order valence-corrected chi connectivity index (χ0v) is 5.92. The summed E-state index contributed by atoms with van der Waals surface area (Å²) in [7, 11) is 0. The Morgan fingerprint density at radius 3 is 2.62 bits per heavy atom. The largest absolute Gasteiger partial charge is 0.574 e. The number of hydrogen-bond acceptors (Lipinski definition) is 3. The molecule has 72 valence electrons. The summed E-state index contributed by atoms with van der Waals surface area (Å²) in [5.41, 5.74) is -0.473. The van der Waals surface area contributed by atoms with Gasteiger partial charge in [0.25, 0.3) is 0 Å². The van der Waals surface area contributed by atoms with Crippen LogP contribution in [-0.4, -0.2) is 27.6 Å². The van der Waals surface area contributed by atoms with Crippen LogP contribution in [0.4, 0.5) is 13.2 Å². The number of aromatic amines is 1. The van der Waals surface area contributed by atoms with Crippen molar-refractivity contribution in [3.8, 4) is 5.88 Å². The molecule has 0 radical (unpaired) electrons. The number of nitrogens with one attached hydrogen (secondary N) is 1. The Balaban J connectivity index is 2.75. The van der Waals surface area contributed by atoms with Gasteiger partial charge in [-0.15, -0.1) is 18.3 Å². The summed E-state index contributed by atoms with van der Waals surface area (Å²) >= 11 is 0. The Kier molecular flexibility index (Phi) is 2.13. The van der Waals surface area contributed by atoms with E-state index in [1.807, 2.05) is 5.10 Å². The normalized spacial score (nSPS) is 11.3. The second kappa shape index (κ2) is 2.96. The van der Waals surface area contributed by atoms with Gasteiger partial charge in [-0.05, 0) is 0 Å². The quantitative estimate of drug-likeness (QED) is 0.739. The van der Waals surface area contributed by atoms with Crippen LogP contribution >= 0.6 is 0 Å². The van der Waals surface area contributed by atoms with Gasteiger partial charge in [0, 0.05) is 6.07 Å². The molecule has 0 bridgehead atoms. The number of H-pyrrole nitrogens is 1. The van der Waals surface area contributed by atoms with Crippen molar-refractivity contribution in [2.45, 2.75) is 6.36 Å². The molecule has 0 amide bonds. The number of nitrogens with zero attached hydrogens (tertiary/aromatic N) is 1. The van der Waals surface area contributed by atoms with E-state index in [9.17, 15) is 18.0 Å². The molecule has 0 saturated heterocycles. The Bertz CT molecular complexity index is 319. The van der Waals surface area contributed by atoms with Gasteiger partial charge in [-0.2, -0.15) is 0 Å². The highest BCUT2D eigenvalue weighted by Crippen LogP contribution is 2.20. The Morgan fingerprint density at radius 1 is 1.62 bits per heavy atom. The number of halogens is 3. The highest BCUT2D eigenvalue weighted by molar-refractivity contribution is 5.85. The molecule has 1 rings (SSSR count). The van der Waals surface area contributed by atoms with Crippen LogP contribution in [0.15, 0.2) is 6.07 Å². The van der Waals surface area contributed by atoms with Crippen molar-refractivity contribution < 1.29 is 27.8 Å². The van der Waals surface area contributed by atoms with Crippen molar-refractivity contribution >= 4 is 5.97 Å². The maximum Gasteiger partial charge on any atom is 0.574 e. The lowest BCUT2D eigenvalue weighted by molar-refractivity contribution is -0.276. The minimum absolute atomic E-state index is 0.473. The smallest absolute Gasteiger partial charge is 0.477 e. The molecule has 1 heterocycles. The van der Waals surface area contributed by atoms with Crippen LogP contribution in [0.2, 0.25) is 0 Å². The number of ether oxygens (including phenoxy) is 1. The summed E-state index contributed by atoms with van der Waals surface area (Å²) in [5.74, 6) is -2.24. The number of carboxylic acids is 1. The zero-order valence-electron chi connectivity index (χ0n) is 5.92. The molecule has 5 nitrogen and oxygen atoms in total. The number of hydrogen-bond donors (Lipinski definition) is 2. The molecule has 13 heavy (non-hydrogen) atoms. The van der Waals surface area contributed by atoms with E-state index in [0.717, 1.165) is 0 Å². The number of aromatic nitrogens is 2. The predicted molar refractivity (Wildman–Crippen MR) is 32.2 cm³/mol. The van der Waals surface area contributed by atoms with Crippen molar-refractivity contribution in [3.63, 3.8) is 0 Å². The first kappa shape index (κ1) is 9.36. The third kappa shape index (κ3) is 2.65. The third-order valence-electron chi connectivity index (χ3n) is 1.01. The number of carbonyl (C=O) groups is 1. The SMILES string of the molecule is O=C(O)c1cc(OC(F)(F)F)n[nH]1. The fourth-order valence-electron chi connectivity index (χ4n) is 0.584. The van der Waals surface area contributed by atoms with E-state index in [4.69, 9.17) is 5.11 Å². The molecule has 0 spiro atoms. The number of aromatic carboxylic acids is 1. The lowest BCUT2D eigenvalue weighted by atomic mass is 10.4. The second-order valence-corrected chi connectivity index (χ2v) is 1.97. The molecular weight excluding hydrogens is 193 g/mol. The molecule has 0 aliphatic carbocycles. The van der Waals surface area contributed by atoms with Crippen LogP contribution in [0.25, 0.3) is 0 Å². The fraction of sp³-hybridized carbons (Fsp3) is 0.200. The van der Waals surface area contributed by atoms with Crippen LogP contribution < -0.4 is 4.74 Å². The molecule has 0 aliphatic heterocycles. The van der Waals surface area contributed by atoms with E-state index in [0.29, 0.717) is 6.07 Å². The van der Waals surface area contributed by atoms with Gasteiger partial charge in [-0.3, -0.25) is 5.10 Å². The molecule has 8 heteroatoms. The molecule has 0 fully saturated rings. The van der Waals surface area contributed by atoms with Crippen molar-refractivity contribution in [2.75, 3.05) is 0 Å². The van der Waals surface area contributed by atoms with Crippen molar-refractivity contribution in [1.82, 2.24) is 10.2 Å². The Hall–Kier alpha value is -1.73. The summed E-state index contributed by atoms with van der Waals surface area (Å²) in [4.78, 5) is 10.2. The first-order valence-corrected chi connectivity index (χ1v) is 2.93. The molecule has 1 aromatic rings. The Morgan fingerprint density at radius 2 is 2.23 bits per heavy atom. The highest BCUT2D eigenvalue weighted by Gasteiger charge is 2.32. The first-order chi connectivity index (χ1) is 5.88. The average Bonchev–Trinajstić information content (AvgIpc) is 2.31. The number of alkyl halides is 3. The van der Waals surface area contributed by atoms with Crippen molar-refractivity contribution in [2.24, 2.45) is 0 Å². The predicted octanol–water partition coefficient (Wildman–Crippen LogP) is 1.01. The minimum Gasteiger partial charge on any atom is -0.477 e. The molecule has 0 atom stereocenters. The lowest BCUT2D eigenvalue weighted by Gasteiger charge is -2.03. The molecule has 0 aliphatic rings. The highest BCUT2D eigenvalue weighted by atomic mass is 19.4. The number of rotatable bonds is 2. The summed E-state index contributed by atoms with van der Waals surface area (Å²) in [6, 6.07) is 0.635. The topological polar surface area (TPSA) is 75.2 Å².